The van der Waals surface area contributed by atoms with Crippen molar-refractivity contribution >= 4 is 0 Å². The molecule has 0 radical (unpaired) electrons. The lowest BCUT2D eigenvalue weighted by Gasteiger charge is -1.84. The average molecular weight is 123 g/mol. The van der Waals surface area contributed by atoms with Gasteiger partial charge in [0.15, 0.2) is 0 Å². The van der Waals surface area contributed by atoms with Crippen LogP contribution in [0.5, 0.6) is 0 Å². The summed E-state index contributed by atoms with van der Waals surface area (Å²) < 4.78 is 7.13. The molecule has 2 heteroatoms. The van der Waals surface area contributed by atoms with E-state index in [4.69, 9.17) is 4.74 Å². The van der Waals surface area contributed by atoms with E-state index in [2.05, 4.69) is 12.3 Å². The number of aryl methyl sites for hydroxylation is 1. The predicted octanol–water partition coefficient (Wildman–Crippen LogP) is 1.10. The lowest BCUT2D eigenvalue weighted by molar-refractivity contribution is 0.415. The Morgan fingerprint density at radius 2 is 2.56 bits per heavy atom. The molecular formula is C7H9NO. The van der Waals surface area contributed by atoms with Gasteiger partial charge in [0.25, 0.3) is 0 Å². The fourth-order valence-electron chi connectivity index (χ4n) is 0.956. The molecule has 9 heavy (non-hydrogen) atoms. The van der Waals surface area contributed by atoms with E-state index in [1.54, 1.807) is 0 Å². The van der Waals surface area contributed by atoms with E-state index in [0.29, 0.717) is 6.10 Å². The van der Waals surface area contributed by atoms with Crippen molar-refractivity contribution in [3.8, 4) is 0 Å². The molecule has 0 amide bonds. The molecule has 0 saturated carbocycles. The first kappa shape index (κ1) is 5.06. The van der Waals surface area contributed by atoms with Gasteiger partial charge >= 0.3 is 0 Å². The van der Waals surface area contributed by atoms with Gasteiger partial charge < -0.3 is 9.30 Å². The van der Waals surface area contributed by atoms with Crippen molar-refractivity contribution in [2.24, 2.45) is 7.05 Å². The molecule has 1 saturated heterocycles. The molecule has 0 spiro atoms. The molecule has 1 fully saturated rings. The maximum Gasteiger partial charge on any atom is 0.107 e. The zero-order chi connectivity index (χ0) is 6.27. The van der Waals surface area contributed by atoms with Crippen LogP contribution in [0.1, 0.15) is 11.7 Å². The van der Waals surface area contributed by atoms with Crippen molar-refractivity contribution in [3.63, 3.8) is 0 Å². The fourth-order valence-corrected chi connectivity index (χ4v) is 0.956. The molecule has 1 aliphatic heterocycles. The van der Waals surface area contributed by atoms with E-state index in [9.17, 15) is 0 Å². The van der Waals surface area contributed by atoms with Crippen LogP contribution in [0.4, 0.5) is 0 Å². The van der Waals surface area contributed by atoms with E-state index in [1.165, 1.54) is 5.56 Å². The predicted molar refractivity (Wildman–Crippen MR) is 34.1 cm³/mol. The van der Waals surface area contributed by atoms with E-state index in [1.807, 2.05) is 17.8 Å². The normalized spacial score (nSPS) is 24.3. The summed E-state index contributed by atoms with van der Waals surface area (Å²) in [7, 11) is 2.02. The summed E-state index contributed by atoms with van der Waals surface area (Å²) in [6.45, 7) is 0.907. The Hall–Kier alpha value is -0.760. The molecule has 0 aliphatic carbocycles. The number of aromatic nitrogens is 1. The van der Waals surface area contributed by atoms with Crippen molar-refractivity contribution in [2.75, 3.05) is 6.61 Å². The van der Waals surface area contributed by atoms with Crippen LogP contribution in [-0.4, -0.2) is 11.2 Å². The van der Waals surface area contributed by atoms with Crippen LogP contribution in [0.3, 0.4) is 0 Å². The summed E-state index contributed by atoms with van der Waals surface area (Å²) >= 11 is 0. The summed E-state index contributed by atoms with van der Waals surface area (Å²) in [6.07, 6.45) is 4.54. The van der Waals surface area contributed by atoms with Crippen molar-refractivity contribution in [2.45, 2.75) is 6.10 Å². The molecule has 2 rings (SSSR count). The number of rotatable bonds is 1. The van der Waals surface area contributed by atoms with Gasteiger partial charge in [0, 0.05) is 25.0 Å². The van der Waals surface area contributed by atoms with Gasteiger partial charge in [0.2, 0.25) is 0 Å². The maximum absolute atomic E-state index is 5.09. The molecular weight excluding hydrogens is 114 g/mol. The Kier molecular flexibility index (Phi) is 0.904. The van der Waals surface area contributed by atoms with Gasteiger partial charge in [-0.2, -0.15) is 0 Å². The van der Waals surface area contributed by atoms with Crippen LogP contribution in [0, 0.1) is 0 Å². The third-order valence-electron chi connectivity index (χ3n) is 1.56. The van der Waals surface area contributed by atoms with Crippen LogP contribution in [0.25, 0.3) is 0 Å². The van der Waals surface area contributed by atoms with Crippen LogP contribution in [0.2, 0.25) is 0 Å². The number of nitrogens with zero attached hydrogens (tertiary/aromatic N) is 1. The standard InChI is InChI=1S/C7H9NO/c1-8-3-2-6(4-8)7-5-9-7/h2-4,7H,5H2,1H3. The third kappa shape index (κ3) is 0.856. The first-order valence-corrected chi connectivity index (χ1v) is 3.10. The topological polar surface area (TPSA) is 17.5 Å². The Morgan fingerprint density at radius 3 is 3.00 bits per heavy atom. The Morgan fingerprint density at radius 1 is 1.78 bits per heavy atom. The minimum Gasteiger partial charge on any atom is -0.368 e. The molecule has 0 aromatic carbocycles. The van der Waals surface area contributed by atoms with Crippen LogP contribution in [-0.2, 0) is 11.8 Å². The molecule has 2 nitrogen and oxygen atoms in total. The number of epoxide rings is 1. The monoisotopic (exact) mass is 123 g/mol. The lowest BCUT2D eigenvalue weighted by atomic mass is 10.3. The highest BCUT2D eigenvalue weighted by Gasteiger charge is 2.24. The van der Waals surface area contributed by atoms with Crippen LogP contribution >= 0.6 is 0 Å². The van der Waals surface area contributed by atoms with E-state index >= 15 is 0 Å². The Balaban J connectivity index is 2.28. The second-order valence-electron chi connectivity index (χ2n) is 2.43. The van der Waals surface area contributed by atoms with Crippen molar-refractivity contribution in [1.29, 1.82) is 0 Å². The van der Waals surface area contributed by atoms with E-state index in [-0.39, 0.29) is 0 Å². The van der Waals surface area contributed by atoms with Crippen molar-refractivity contribution in [3.05, 3.63) is 24.0 Å². The van der Waals surface area contributed by atoms with Crippen molar-refractivity contribution in [1.82, 2.24) is 4.57 Å². The summed E-state index contributed by atoms with van der Waals surface area (Å²) in [6, 6.07) is 2.09. The summed E-state index contributed by atoms with van der Waals surface area (Å²) in [5.41, 5.74) is 1.30. The Labute approximate surface area is 54.1 Å². The first-order chi connectivity index (χ1) is 4.36. The molecule has 1 atom stereocenters. The smallest absolute Gasteiger partial charge is 0.107 e. The number of hydrogen-bond acceptors (Lipinski definition) is 1. The Bertz CT molecular complexity index is 212. The van der Waals surface area contributed by atoms with E-state index < -0.39 is 0 Å². The number of hydrogen-bond donors (Lipinski definition) is 0. The quantitative estimate of drug-likeness (QED) is 0.511. The largest absolute Gasteiger partial charge is 0.368 e. The van der Waals surface area contributed by atoms with Gasteiger partial charge in [-0.1, -0.05) is 0 Å². The highest BCUT2D eigenvalue weighted by atomic mass is 16.6. The SMILES string of the molecule is Cn1ccc(C2CO2)c1. The lowest BCUT2D eigenvalue weighted by Crippen LogP contribution is -1.79. The third-order valence-corrected chi connectivity index (χ3v) is 1.56. The van der Waals surface area contributed by atoms with Gasteiger partial charge in [-0.15, -0.1) is 0 Å². The molecule has 0 N–H and O–H groups in total. The second-order valence-corrected chi connectivity index (χ2v) is 2.43. The molecule has 1 unspecified atom stereocenters. The number of ether oxygens (including phenoxy) is 1. The summed E-state index contributed by atoms with van der Waals surface area (Å²) in [5, 5.41) is 0. The van der Waals surface area contributed by atoms with Gasteiger partial charge in [-0.25, -0.2) is 0 Å². The summed E-state index contributed by atoms with van der Waals surface area (Å²) in [4.78, 5) is 0. The second kappa shape index (κ2) is 1.61. The fraction of sp³-hybridized carbons (Fsp3) is 0.429. The van der Waals surface area contributed by atoms with Gasteiger partial charge in [0.1, 0.15) is 6.10 Å². The zero-order valence-electron chi connectivity index (χ0n) is 5.37. The molecule has 1 aromatic heterocycles. The molecule has 0 bridgehead atoms. The molecule has 2 heterocycles. The zero-order valence-corrected chi connectivity index (χ0v) is 5.37. The van der Waals surface area contributed by atoms with Gasteiger partial charge in [-0.3, -0.25) is 0 Å². The first-order valence-electron chi connectivity index (χ1n) is 3.10. The minimum atomic E-state index is 0.409. The molecule has 1 aromatic rings. The highest BCUT2D eigenvalue weighted by Crippen LogP contribution is 2.29. The van der Waals surface area contributed by atoms with Crippen LogP contribution < -0.4 is 0 Å². The highest BCUT2D eigenvalue weighted by molar-refractivity contribution is 5.16. The summed E-state index contributed by atoms with van der Waals surface area (Å²) in [5.74, 6) is 0. The minimum absolute atomic E-state index is 0.409. The van der Waals surface area contributed by atoms with Crippen LogP contribution in [0.15, 0.2) is 18.5 Å². The maximum atomic E-state index is 5.09. The molecule has 1 aliphatic rings. The van der Waals surface area contributed by atoms with Gasteiger partial charge in [-0.05, 0) is 6.07 Å². The average Bonchev–Trinajstić information content (AvgIpc) is 2.58. The van der Waals surface area contributed by atoms with E-state index in [0.717, 1.165) is 6.61 Å². The van der Waals surface area contributed by atoms with Crippen molar-refractivity contribution < 1.29 is 4.74 Å². The molecule has 48 valence electrons. The van der Waals surface area contributed by atoms with Gasteiger partial charge in [0.05, 0.1) is 6.61 Å².